The van der Waals surface area contributed by atoms with Crippen LogP contribution in [0.2, 0.25) is 0 Å². The molecule has 0 unspecified atom stereocenters. The summed E-state index contributed by atoms with van der Waals surface area (Å²) < 4.78 is 37.5. The van der Waals surface area contributed by atoms with Crippen molar-refractivity contribution in [1.82, 2.24) is 0 Å². The average Bonchev–Trinajstić information content (AvgIpc) is 2.17. The van der Waals surface area contributed by atoms with Gasteiger partial charge in [0.2, 0.25) is 0 Å². The molecule has 1 nitrogen and oxygen atoms in total. The molecule has 0 saturated heterocycles. The van der Waals surface area contributed by atoms with Crippen LogP contribution in [0, 0.1) is 0 Å². The van der Waals surface area contributed by atoms with E-state index in [9.17, 15) is 13.2 Å². The van der Waals surface area contributed by atoms with E-state index in [1.54, 1.807) is 18.2 Å². The summed E-state index contributed by atoms with van der Waals surface area (Å²) in [7, 11) is 0. The maximum Gasteiger partial charge on any atom is 0.418 e. The van der Waals surface area contributed by atoms with E-state index in [1.807, 2.05) is 6.92 Å². The van der Waals surface area contributed by atoms with Gasteiger partial charge in [0.05, 0.1) is 5.56 Å². The average molecular weight is 215 g/mol. The molecule has 1 aromatic rings. The number of hydrogen-bond acceptors (Lipinski definition) is 1. The predicted molar refractivity (Wildman–Crippen MR) is 54.7 cm³/mol. The molecule has 1 rings (SSSR count). The minimum atomic E-state index is -4.31. The van der Waals surface area contributed by atoms with E-state index >= 15 is 0 Å². The Morgan fingerprint density at radius 1 is 1.27 bits per heavy atom. The molecule has 0 aliphatic rings. The Morgan fingerprint density at radius 2 is 1.93 bits per heavy atom. The van der Waals surface area contributed by atoms with Crippen LogP contribution in [0.25, 0.3) is 0 Å². The van der Waals surface area contributed by atoms with Crippen LogP contribution in [0.15, 0.2) is 36.4 Å². The van der Waals surface area contributed by atoms with Gasteiger partial charge >= 0.3 is 6.18 Å². The number of hydrogen-bond donors (Lipinski definition) is 1. The summed E-state index contributed by atoms with van der Waals surface area (Å²) in [5.74, 6) is 0. The van der Waals surface area contributed by atoms with E-state index in [4.69, 9.17) is 0 Å². The van der Waals surface area contributed by atoms with Crippen molar-refractivity contribution in [3.63, 3.8) is 0 Å². The maximum atomic E-state index is 12.5. The van der Waals surface area contributed by atoms with Gasteiger partial charge in [0.15, 0.2) is 0 Å². The Balaban J connectivity index is 2.87. The van der Waals surface area contributed by atoms with Gasteiger partial charge in [-0.15, -0.1) is 0 Å². The molecule has 4 heteroatoms. The zero-order valence-electron chi connectivity index (χ0n) is 8.31. The molecule has 0 aromatic heterocycles. The summed E-state index contributed by atoms with van der Waals surface area (Å²) in [5.41, 5.74) is -0.516. The van der Waals surface area contributed by atoms with E-state index in [0.717, 1.165) is 6.07 Å². The van der Waals surface area contributed by atoms with Crippen molar-refractivity contribution in [2.45, 2.75) is 13.1 Å². The number of benzene rings is 1. The zero-order valence-corrected chi connectivity index (χ0v) is 8.31. The highest BCUT2D eigenvalue weighted by Gasteiger charge is 2.32. The van der Waals surface area contributed by atoms with Crippen molar-refractivity contribution < 1.29 is 13.2 Å². The second-order valence-electron chi connectivity index (χ2n) is 2.99. The van der Waals surface area contributed by atoms with Crippen molar-refractivity contribution >= 4 is 5.69 Å². The van der Waals surface area contributed by atoms with Gasteiger partial charge in [-0.3, -0.25) is 0 Å². The molecule has 82 valence electrons. The van der Waals surface area contributed by atoms with Gasteiger partial charge in [-0.1, -0.05) is 24.3 Å². The van der Waals surface area contributed by atoms with E-state index < -0.39 is 11.7 Å². The lowest BCUT2D eigenvalue weighted by atomic mass is 10.1. The third-order valence-corrected chi connectivity index (χ3v) is 1.88. The molecule has 1 N–H and O–H groups in total. The first-order valence-corrected chi connectivity index (χ1v) is 4.57. The van der Waals surface area contributed by atoms with E-state index in [2.05, 4.69) is 5.32 Å². The zero-order chi connectivity index (χ0) is 11.3. The molecular weight excluding hydrogens is 203 g/mol. The van der Waals surface area contributed by atoms with Crippen LogP contribution in [0.3, 0.4) is 0 Å². The molecule has 0 aliphatic carbocycles. The van der Waals surface area contributed by atoms with Gasteiger partial charge in [-0.05, 0) is 19.1 Å². The molecule has 0 radical (unpaired) electrons. The lowest BCUT2D eigenvalue weighted by molar-refractivity contribution is -0.136. The normalized spacial score (nSPS) is 12.0. The van der Waals surface area contributed by atoms with Crippen LogP contribution >= 0.6 is 0 Å². The fraction of sp³-hybridized carbons (Fsp3) is 0.273. The largest absolute Gasteiger partial charge is 0.418 e. The van der Waals surface area contributed by atoms with Crippen LogP contribution in [0.1, 0.15) is 12.5 Å². The van der Waals surface area contributed by atoms with Crippen LogP contribution < -0.4 is 5.32 Å². The molecular formula is C11H12F3N. The number of alkyl halides is 3. The van der Waals surface area contributed by atoms with Crippen molar-refractivity contribution in [1.29, 1.82) is 0 Å². The van der Waals surface area contributed by atoms with Gasteiger partial charge in [0, 0.05) is 12.2 Å². The second-order valence-corrected chi connectivity index (χ2v) is 2.99. The van der Waals surface area contributed by atoms with Crippen molar-refractivity contribution in [2.24, 2.45) is 0 Å². The lowest BCUT2D eigenvalue weighted by Gasteiger charge is -2.12. The summed E-state index contributed by atoms with van der Waals surface area (Å²) >= 11 is 0. The van der Waals surface area contributed by atoms with Gasteiger partial charge in [0.25, 0.3) is 0 Å². The Bertz CT molecular complexity index is 342. The Morgan fingerprint density at radius 3 is 2.53 bits per heavy atom. The summed E-state index contributed by atoms with van der Waals surface area (Å²) in [6, 6.07) is 5.45. The Hall–Kier alpha value is -1.45. The quantitative estimate of drug-likeness (QED) is 0.758. The molecule has 15 heavy (non-hydrogen) atoms. The minimum absolute atomic E-state index is 0.114. The number of nitrogens with one attached hydrogen (secondary N) is 1. The van der Waals surface area contributed by atoms with Crippen LogP contribution in [-0.2, 0) is 6.18 Å². The molecule has 0 spiro atoms. The monoisotopic (exact) mass is 215 g/mol. The van der Waals surface area contributed by atoms with E-state index in [0.29, 0.717) is 6.54 Å². The van der Waals surface area contributed by atoms with E-state index in [1.165, 1.54) is 12.1 Å². The Kier molecular flexibility index (Phi) is 3.77. The summed E-state index contributed by atoms with van der Waals surface area (Å²) in [5, 5.41) is 2.71. The molecule has 0 bridgehead atoms. The highest BCUT2D eigenvalue weighted by molar-refractivity contribution is 5.52. The van der Waals surface area contributed by atoms with Crippen molar-refractivity contribution in [3.8, 4) is 0 Å². The molecule has 1 aromatic carbocycles. The van der Waals surface area contributed by atoms with Crippen molar-refractivity contribution in [3.05, 3.63) is 42.0 Å². The number of allylic oxidation sites excluding steroid dienone is 1. The first kappa shape index (κ1) is 11.6. The number of anilines is 1. The third kappa shape index (κ3) is 3.31. The Labute approximate surface area is 86.6 Å². The van der Waals surface area contributed by atoms with Crippen LogP contribution in [-0.4, -0.2) is 6.54 Å². The molecule has 0 amide bonds. The predicted octanol–water partition coefficient (Wildman–Crippen LogP) is 3.69. The summed E-state index contributed by atoms with van der Waals surface area (Å²) in [4.78, 5) is 0. The lowest BCUT2D eigenvalue weighted by Crippen LogP contribution is -2.10. The van der Waals surface area contributed by atoms with Gasteiger partial charge in [0.1, 0.15) is 0 Å². The topological polar surface area (TPSA) is 12.0 Å². The van der Waals surface area contributed by atoms with Gasteiger partial charge in [-0.25, -0.2) is 0 Å². The SMILES string of the molecule is C/C=C/CNc1ccccc1C(F)(F)F. The van der Waals surface area contributed by atoms with Gasteiger partial charge in [-0.2, -0.15) is 13.2 Å². The van der Waals surface area contributed by atoms with Crippen LogP contribution in [0.5, 0.6) is 0 Å². The third-order valence-electron chi connectivity index (χ3n) is 1.88. The number of halogens is 3. The van der Waals surface area contributed by atoms with Gasteiger partial charge < -0.3 is 5.32 Å². The fourth-order valence-electron chi connectivity index (χ4n) is 1.17. The highest BCUT2D eigenvalue weighted by atomic mass is 19.4. The standard InChI is InChI=1S/C11H12F3N/c1-2-3-8-15-10-7-5-4-6-9(10)11(12,13)14/h2-7,15H,8H2,1H3/b3-2+. The molecule has 0 aliphatic heterocycles. The van der Waals surface area contributed by atoms with Crippen LogP contribution in [0.4, 0.5) is 18.9 Å². The molecule has 0 fully saturated rings. The number of rotatable bonds is 3. The summed E-state index contributed by atoms with van der Waals surface area (Å²) in [6.45, 7) is 2.21. The second kappa shape index (κ2) is 4.87. The first-order valence-electron chi connectivity index (χ1n) is 4.57. The minimum Gasteiger partial charge on any atom is -0.381 e. The molecule has 0 heterocycles. The molecule has 0 saturated carbocycles. The first-order chi connectivity index (χ1) is 7.05. The summed E-state index contributed by atoms with van der Waals surface area (Å²) in [6.07, 6.45) is -0.768. The smallest absolute Gasteiger partial charge is 0.381 e. The van der Waals surface area contributed by atoms with E-state index in [-0.39, 0.29) is 5.69 Å². The number of para-hydroxylation sites is 1. The molecule has 0 atom stereocenters. The van der Waals surface area contributed by atoms with Crippen molar-refractivity contribution in [2.75, 3.05) is 11.9 Å². The fourth-order valence-corrected chi connectivity index (χ4v) is 1.17. The highest BCUT2D eigenvalue weighted by Crippen LogP contribution is 2.34. The maximum absolute atomic E-state index is 12.5.